The number of nitrogens with zero attached hydrogens (tertiary/aromatic N) is 2. The molecule has 3 N–H and O–H groups in total. The highest BCUT2D eigenvalue weighted by Gasteiger charge is 2.42. The molecule has 2 amide bonds. The van der Waals surface area contributed by atoms with Crippen LogP contribution in [0.4, 0.5) is 0 Å². The van der Waals surface area contributed by atoms with Gasteiger partial charge in [-0.15, -0.1) is 0 Å². The van der Waals surface area contributed by atoms with Crippen molar-refractivity contribution in [3.8, 4) is 5.75 Å². The van der Waals surface area contributed by atoms with Crippen LogP contribution in [0.1, 0.15) is 35.3 Å². The van der Waals surface area contributed by atoms with Crippen molar-refractivity contribution in [1.82, 2.24) is 9.47 Å². The molecule has 2 aliphatic rings. The molecule has 1 aromatic heterocycles. The zero-order chi connectivity index (χ0) is 19.3. The molecule has 1 aromatic carbocycles. The summed E-state index contributed by atoms with van der Waals surface area (Å²) in [4.78, 5) is 27.1. The smallest absolute Gasteiger partial charge is 0.256 e. The highest BCUT2D eigenvalue weighted by Crippen LogP contribution is 2.35. The van der Waals surface area contributed by atoms with Crippen molar-refractivity contribution in [2.45, 2.75) is 38.3 Å². The third kappa shape index (κ3) is 2.86. The number of carbonyl (C=O) groups is 2. The molecule has 3 atom stereocenters. The van der Waals surface area contributed by atoms with Crippen molar-refractivity contribution >= 4 is 22.7 Å². The Morgan fingerprint density at radius 1 is 1.30 bits per heavy atom. The van der Waals surface area contributed by atoms with Crippen LogP contribution in [0.25, 0.3) is 10.9 Å². The number of phenolic OH excluding ortho intramolecular Hbond substituents is 1. The summed E-state index contributed by atoms with van der Waals surface area (Å²) in [6, 6.07) is 4.93. The van der Waals surface area contributed by atoms with Crippen LogP contribution >= 0.6 is 0 Å². The van der Waals surface area contributed by atoms with E-state index in [2.05, 4.69) is 0 Å². The summed E-state index contributed by atoms with van der Waals surface area (Å²) in [7, 11) is 1.91. The van der Waals surface area contributed by atoms with Crippen LogP contribution in [0, 0.1) is 12.8 Å². The van der Waals surface area contributed by atoms with Crippen LogP contribution in [0.3, 0.4) is 0 Å². The number of benzene rings is 1. The third-order valence-corrected chi connectivity index (χ3v) is 6.17. The molecule has 0 spiro atoms. The van der Waals surface area contributed by atoms with Gasteiger partial charge in [-0.25, -0.2) is 0 Å². The quantitative estimate of drug-likeness (QED) is 0.839. The average Bonchev–Trinajstić information content (AvgIpc) is 2.90. The number of hydrogen-bond donors (Lipinski definition) is 2. The first-order valence-corrected chi connectivity index (χ1v) is 9.38. The summed E-state index contributed by atoms with van der Waals surface area (Å²) in [5.74, 6) is -0.473. The predicted molar refractivity (Wildman–Crippen MR) is 100 cm³/mol. The molecular weight excluding hydrogens is 346 g/mol. The third-order valence-electron chi connectivity index (χ3n) is 6.17. The summed E-state index contributed by atoms with van der Waals surface area (Å²) in [6.45, 7) is 2.89. The SMILES string of the molecule is Cc1c(C(=O)N2CCO[C@@H]3CC[C@H](C(N)=O)C[C@H]32)c2cc(O)ccc2n1C. The number of ether oxygens (including phenoxy) is 1. The number of rotatable bonds is 2. The maximum absolute atomic E-state index is 13.5. The van der Waals surface area contributed by atoms with Gasteiger partial charge in [0.2, 0.25) is 5.91 Å². The Hall–Kier alpha value is -2.54. The molecular formula is C20H25N3O4. The van der Waals surface area contributed by atoms with E-state index in [1.165, 1.54) is 0 Å². The highest BCUT2D eigenvalue weighted by molar-refractivity contribution is 6.09. The van der Waals surface area contributed by atoms with Gasteiger partial charge in [0, 0.05) is 36.1 Å². The second-order valence-electron chi connectivity index (χ2n) is 7.61. The van der Waals surface area contributed by atoms with E-state index in [1.807, 2.05) is 29.5 Å². The standard InChI is InChI=1S/C20H25N3O4/c1-11-18(14-10-13(24)4-5-15(14)22(11)2)20(26)23-7-8-27-17-6-3-12(19(21)25)9-16(17)23/h4-5,10,12,16-17,24H,3,6-9H2,1-2H3,(H2,21,25)/t12-,16+,17+/m0/s1. The van der Waals surface area contributed by atoms with Crippen LogP contribution in [0.15, 0.2) is 18.2 Å². The number of morpholine rings is 1. The zero-order valence-electron chi connectivity index (χ0n) is 15.6. The van der Waals surface area contributed by atoms with Crippen LogP contribution in [0.2, 0.25) is 0 Å². The first kappa shape index (κ1) is 17.9. The lowest BCUT2D eigenvalue weighted by Gasteiger charge is -2.45. The van der Waals surface area contributed by atoms with Crippen LogP contribution in [0.5, 0.6) is 5.75 Å². The average molecular weight is 371 g/mol. The molecule has 7 heteroatoms. The van der Waals surface area contributed by atoms with Crippen molar-refractivity contribution in [2.75, 3.05) is 13.2 Å². The number of nitrogens with two attached hydrogens (primary N) is 1. The minimum absolute atomic E-state index is 0.0537. The normalized spacial score (nSPS) is 25.4. The molecule has 1 aliphatic carbocycles. The Bertz CT molecular complexity index is 920. The maximum atomic E-state index is 13.5. The van der Waals surface area contributed by atoms with E-state index in [-0.39, 0.29) is 35.6 Å². The summed E-state index contributed by atoms with van der Waals surface area (Å²) in [5.41, 5.74) is 7.88. The molecule has 2 aromatic rings. The number of aromatic hydroxyl groups is 1. The predicted octanol–water partition coefficient (Wildman–Crippen LogP) is 1.69. The van der Waals surface area contributed by atoms with Gasteiger partial charge in [0.25, 0.3) is 5.91 Å². The molecule has 0 radical (unpaired) electrons. The highest BCUT2D eigenvalue weighted by atomic mass is 16.5. The summed E-state index contributed by atoms with van der Waals surface area (Å²) in [6.07, 6.45) is 1.93. The molecule has 0 unspecified atom stereocenters. The number of primary amides is 1. The van der Waals surface area contributed by atoms with Crippen molar-refractivity contribution < 1.29 is 19.4 Å². The van der Waals surface area contributed by atoms with Gasteiger partial charge >= 0.3 is 0 Å². The van der Waals surface area contributed by atoms with Gasteiger partial charge in [-0.2, -0.15) is 0 Å². The molecule has 1 saturated carbocycles. The number of aromatic nitrogens is 1. The second-order valence-corrected chi connectivity index (χ2v) is 7.61. The molecule has 2 fully saturated rings. The number of fused-ring (bicyclic) bond motifs is 2. The van der Waals surface area contributed by atoms with Gasteiger partial charge in [0.05, 0.1) is 24.3 Å². The first-order valence-electron chi connectivity index (χ1n) is 9.38. The monoisotopic (exact) mass is 371 g/mol. The minimum Gasteiger partial charge on any atom is -0.508 e. The van der Waals surface area contributed by atoms with Crippen molar-refractivity contribution in [1.29, 1.82) is 0 Å². The Morgan fingerprint density at radius 2 is 2.07 bits per heavy atom. The summed E-state index contributed by atoms with van der Waals surface area (Å²) in [5, 5.41) is 10.7. The van der Waals surface area contributed by atoms with Crippen molar-refractivity contribution in [3.05, 3.63) is 29.5 Å². The molecule has 1 aliphatic heterocycles. The van der Waals surface area contributed by atoms with E-state index >= 15 is 0 Å². The number of amides is 2. The van der Waals surface area contributed by atoms with Crippen molar-refractivity contribution in [3.63, 3.8) is 0 Å². The molecule has 1 saturated heterocycles. The lowest BCUT2D eigenvalue weighted by atomic mass is 9.81. The van der Waals surface area contributed by atoms with Gasteiger partial charge < -0.3 is 25.0 Å². The Balaban J connectivity index is 1.73. The summed E-state index contributed by atoms with van der Waals surface area (Å²) < 4.78 is 7.84. The molecule has 2 heterocycles. The van der Waals surface area contributed by atoms with Crippen molar-refractivity contribution in [2.24, 2.45) is 18.7 Å². The molecule has 0 bridgehead atoms. The number of hydrogen-bond acceptors (Lipinski definition) is 4. The number of carbonyl (C=O) groups excluding carboxylic acids is 2. The fourth-order valence-corrected chi connectivity index (χ4v) is 4.59. The molecule has 7 nitrogen and oxygen atoms in total. The van der Waals surface area contributed by atoms with E-state index in [0.29, 0.717) is 31.6 Å². The van der Waals surface area contributed by atoms with Gasteiger partial charge in [-0.05, 0) is 44.4 Å². The van der Waals surface area contributed by atoms with Gasteiger partial charge in [0.15, 0.2) is 0 Å². The summed E-state index contributed by atoms with van der Waals surface area (Å²) >= 11 is 0. The first-order chi connectivity index (χ1) is 12.9. The Kier molecular flexibility index (Phi) is 4.34. The Labute approximate surface area is 157 Å². The fraction of sp³-hybridized carbons (Fsp3) is 0.500. The lowest BCUT2D eigenvalue weighted by molar-refractivity contribution is -0.128. The van der Waals surface area contributed by atoms with E-state index in [9.17, 15) is 14.7 Å². The molecule has 27 heavy (non-hydrogen) atoms. The maximum Gasteiger partial charge on any atom is 0.256 e. The van der Waals surface area contributed by atoms with Gasteiger partial charge in [0.1, 0.15) is 5.75 Å². The van der Waals surface area contributed by atoms with Crippen LogP contribution in [-0.2, 0) is 16.6 Å². The Morgan fingerprint density at radius 3 is 2.81 bits per heavy atom. The van der Waals surface area contributed by atoms with E-state index < -0.39 is 0 Å². The lowest BCUT2D eigenvalue weighted by Crippen LogP contribution is -2.57. The number of phenols is 1. The van der Waals surface area contributed by atoms with Gasteiger partial charge in [-0.1, -0.05) is 0 Å². The number of aryl methyl sites for hydroxylation is 1. The molecule has 4 rings (SSSR count). The molecule has 144 valence electrons. The minimum atomic E-state index is -0.308. The van der Waals surface area contributed by atoms with Crippen LogP contribution in [-0.4, -0.2) is 51.7 Å². The van der Waals surface area contributed by atoms with E-state index in [4.69, 9.17) is 10.5 Å². The van der Waals surface area contributed by atoms with E-state index in [0.717, 1.165) is 23.0 Å². The van der Waals surface area contributed by atoms with Gasteiger partial charge in [-0.3, -0.25) is 9.59 Å². The largest absolute Gasteiger partial charge is 0.508 e. The topological polar surface area (TPSA) is 97.8 Å². The fourth-order valence-electron chi connectivity index (χ4n) is 4.59. The zero-order valence-corrected chi connectivity index (χ0v) is 15.6. The van der Waals surface area contributed by atoms with Crippen LogP contribution < -0.4 is 5.73 Å². The van der Waals surface area contributed by atoms with E-state index in [1.54, 1.807) is 12.1 Å². The second kappa shape index (κ2) is 6.56.